The second-order valence-corrected chi connectivity index (χ2v) is 10.3. The van der Waals surface area contributed by atoms with Crippen molar-refractivity contribution in [3.05, 3.63) is 70.6 Å². The van der Waals surface area contributed by atoms with Crippen LogP contribution in [0.25, 0.3) is 44.4 Å². The van der Waals surface area contributed by atoms with Crippen molar-refractivity contribution in [1.29, 1.82) is 0 Å². The van der Waals surface area contributed by atoms with Crippen molar-refractivity contribution in [2.75, 3.05) is 14.2 Å². The van der Waals surface area contributed by atoms with Gasteiger partial charge in [0.15, 0.2) is 11.5 Å². The van der Waals surface area contributed by atoms with Gasteiger partial charge in [-0.05, 0) is 85.1 Å². The number of benzene rings is 1. The fourth-order valence-electron chi connectivity index (χ4n) is 5.90. The number of ether oxygens (including phenoxy) is 2. The van der Waals surface area contributed by atoms with Gasteiger partial charge in [-0.15, -0.1) is 0 Å². The van der Waals surface area contributed by atoms with E-state index in [0.717, 1.165) is 65.1 Å². The Hall–Kier alpha value is -4.26. The molecular formula is C34H39N5O2. The van der Waals surface area contributed by atoms with Gasteiger partial charge in [0, 0.05) is 17.6 Å². The van der Waals surface area contributed by atoms with Crippen LogP contribution in [0.2, 0.25) is 0 Å². The number of allylic oxidation sites excluding steroid dienone is 4. The van der Waals surface area contributed by atoms with Gasteiger partial charge in [-0.25, -0.2) is 9.97 Å². The maximum absolute atomic E-state index is 5.58. The van der Waals surface area contributed by atoms with Crippen LogP contribution < -0.4 is 9.47 Å². The summed E-state index contributed by atoms with van der Waals surface area (Å²) in [6, 6.07) is 8.08. The minimum atomic E-state index is 0.595. The number of rotatable bonds is 6. The van der Waals surface area contributed by atoms with Crippen molar-refractivity contribution in [3.8, 4) is 11.5 Å². The molecule has 6 bridgehead atoms. The van der Waals surface area contributed by atoms with Gasteiger partial charge in [0.25, 0.3) is 0 Å². The Morgan fingerprint density at radius 2 is 1.15 bits per heavy atom. The van der Waals surface area contributed by atoms with Crippen molar-refractivity contribution in [2.24, 2.45) is 0 Å². The number of nitrogens with zero attached hydrogens (tertiary/aromatic N) is 4. The molecule has 212 valence electrons. The molecule has 0 unspecified atom stereocenters. The molecule has 0 saturated heterocycles. The van der Waals surface area contributed by atoms with Gasteiger partial charge in [-0.3, -0.25) is 9.97 Å². The fourth-order valence-corrected chi connectivity index (χ4v) is 5.90. The van der Waals surface area contributed by atoms with Crippen LogP contribution in [-0.4, -0.2) is 39.1 Å². The molecule has 3 aromatic rings. The normalized spacial score (nSPS) is 13.1. The van der Waals surface area contributed by atoms with E-state index in [1.165, 1.54) is 27.8 Å². The van der Waals surface area contributed by atoms with E-state index in [1.807, 2.05) is 24.5 Å². The molecule has 2 aliphatic heterocycles. The maximum Gasteiger partial charge on any atom is 0.163 e. The second-order valence-electron chi connectivity index (χ2n) is 10.3. The Labute approximate surface area is 242 Å². The predicted octanol–water partition coefficient (Wildman–Crippen LogP) is 8.30. The Morgan fingerprint density at radius 1 is 0.610 bits per heavy atom. The first kappa shape index (κ1) is 28.3. The Kier molecular flexibility index (Phi) is 8.06. The van der Waals surface area contributed by atoms with E-state index < -0.39 is 0 Å². The van der Waals surface area contributed by atoms with Gasteiger partial charge in [-0.2, -0.15) is 0 Å². The third kappa shape index (κ3) is 5.05. The van der Waals surface area contributed by atoms with E-state index in [0.29, 0.717) is 22.5 Å². The average Bonchev–Trinajstić information content (AvgIpc) is 3.58. The monoisotopic (exact) mass is 549 g/mol. The Bertz CT molecular complexity index is 1780. The van der Waals surface area contributed by atoms with Gasteiger partial charge >= 0.3 is 0 Å². The van der Waals surface area contributed by atoms with Crippen LogP contribution in [0.3, 0.4) is 0 Å². The molecule has 1 N–H and O–H groups in total. The lowest BCUT2D eigenvalue weighted by Crippen LogP contribution is -1.91. The fraction of sp³-hybridized carbons (Fsp3) is 0.353. The van der Waals surface area contributed by atoms with Gasteiger partial charge in [-0.1, -0.05) is 27.7 Å². The van der Waals surface area contributed by atoms with Crippen molar-refractivity contribution in [2.45, 2.75) is 67.2 Å². The molecule has 0 radical (unpaired) electrons. The highest BCUT2D eigenvalue weighted by atomic mass is 16.5. The highest BCUT2D eigenvalue weighted by Crippen LogP contribution is 2.37. The summed E-state index contributed by atoms with van der Waals surface area (Å²) in [5.41, 5.74) is 14.5. The van der Waals surface area contributed by atoms with Crippen molar-refractivity contribution >= 4 is 44.4 Å². The first-order valence-electron chi connectivity index (χ1n) is 14.5. The molecule has 2 aromatic heterocycles. The Balaban J connectivity index is 1.96. The molecule has 0 aliphatic carbocycles. The van der Waals surface area contributed by atoms with Crippen LogP contribution >= 0.6 is 0 Å². The number of aromatic amines is 1. The van der Waals surface area contributed by atoms with Crippen LogP contribution in [-0.2, 0) is 6.42 Å². The van der Waals surface area contributed by atoms with Gasteiger partial charge in [0.2, 0.25) is 0 Å². The standard InChI is InChI=1S/C34H39N5O2/c1-9-21-19(5)31-17-35-29-15-33(40-7)34(41-8)16-30(29)36-18-32-20(6)22(10-2)26(39-32)14-28-24(12-4)23(11-3)27(37-28)13-25(21)38-31/h13-18,38H,9-12H2,1-8H3. The summed E-state index contributed by atoms with van der Waals surface area (Å²) in [7, 11) is 3.25. The number of nitrogens with one attached hydrogen (secondary N) is 1. The smallest absolute Gasteiger partial charge is 0.163 e. The molecule has 0 spiro atoms. The summed E-state index contributed by atoms with van der Waals surface area (Å²) in [5, 5.41) is 0. The lowest BCUT2D eigenvalue weighted by atomic mass is 9.99. The van der Waals surface area contributed by atoms with E-state index in [-0.39, 0.29) is 0 Å². The molecular weight excluding hydrogens is 510 g/mol. The molecule has 0 atom stereocenters. The molecule has 7 nitrogen and oxygen atoms in total. The number of aromatic nitrogens is 5. The number of aryl methyl sites for hydroxylation is 2. The molecule has 7 heteroatoms. The number of fused-ring (bicyclic) bond motifs is 7. The quantitative estimate of drug-likeness (QED) is 0.333. The molecule has 41 heavy (non-hydrogen) atoms. The van der Waals surface area contributed by atoms with Crippen LogP contribution in [0, 0.1) is 6.92 Å². The zero-order chi connectivity index (χ0) is 29.3. The summed E-state index contributed by atoms with van der Waals surface area (Å²) >= 11 is 0. The summed E-state index contributed by atoms with van der Waals surface area (Å²) in [6.07, 6.45) is 7.30. The second kappa shape index (κ2) is 11.7. The molecule has 2 aliphatic rings. The van der Waals surface area contributed by atoms with Gasteiger partial charge in [0.1, 0.15) is 0 Å². The summed E-state index contributed by atoms with van der Waals surface area (Å²) in [4.78, 5) is 23.6. The first-order chi connectivity index (χ1) is 19.9. The van der Waals surface area contributed by atoms with Gasteiger partial charge in [0.05, 0.1) is 65.9 Å². The van der Waals surface area contributed by atoms with Crippen molar-refractivity contribution in [1.82, 2.24) is 24.9 Å². The number of hydrogen-bond donors (Lipinski definition) is 1. The lowest BCUT2D eigenvalue weighted by Gasteiger charge is -2.07. The molecule has 0 saturated carbocycles. The Morgan fingerprint density at radius 3 is 1.71 bits per heavy atom. The molecule has 4 heterocycles. The largest absolute Gasteiger partial charge is 0.493 e. The topological polar surface area (TPSA) is 85.8 Å². The number of H-pyrrole nitrogens is 1. The molecule has 0 amide bonds. The van der Waals surface area contributed by atoms with E-state index in [9.17, 15) is 0 Å². The van der Waals surface area contributed by atoms with Crippen LogP contribution in [0.5, 0.6) is 11.5 Å². The first-order valence-corrected chi connectivity index (χ1v) is 14.5. The number of methoxy groups -OCH3 is 2. The third-order valence-electron chi connectivity index (χ3n) is 8.17. The van der Waals surface area contributed by atoms with Crippen molar-refractivity contribution in [3.63, 3.8) is 0 Å². The van der Waals surface area contributed by atoms with Crippen LogP contribution in [0.15, 0.2) is 36.7 Å². The third-order valence-corrected chi connectivity index (χ3v) is 8.17. The minimum Gasteiger partial charge on any atom is -0.493 e. The van der Waals surface area contributed by atoms with E-state index in [4.69, 9.17) is 29.4 Å². The van der Waals surface area contributed by atoms with Gasteiger partial charge < -0.3 is 14.5 Å². The highest BCUT2D eigenvalue weighted by Gasteiger charge is 2.21. The van der Waals surface area contributed by atoms with E-state index >= 15 is 0 Å². The summed E-state index contributed by atoms with van der Waals surface area (Å²) in [5.74, 6) is 1.19. The lowest BCUT2D eigenvalue weighted by molar-refractivity contribution is 0.355. The summed E-state index contributed by atoms with van der Waals surface area (Å²) < 4.78 is 11.2. The molecule has 5 rings (SSSR count). The minimum absolute atomic E-state index is 0.595. The van der Waals surface area contributed by atoms with Crippen molar-refractivity contribution < 1.29 is 9.47 Å². The predicted molar refractivity (Wildman–Crippen MR) is 168 cm³/mol. The molecule has 0 fully saturated rings. The van der Waals surface area contributed by atoms with E-state index in [2.05, 4.69) is 58.7 Å². The number of hydrogen-bond acceptors (Lipinski definition) is 6. The zero-order valence-electron chi connectivity index (χ0n) is 25.4. The summed E-state index contributed by atoms with van der Waals surface area (Å²) in [6.45, 7) is 13.0. The highest BCUT2D eigenvalue weighted by molar-refractivity contribution is 5.95. The van der Waals surface area contributed by atoms with E-state index in [1.54, 1.807) is 14.2 Å². The molecule has 1 aromatic carbocycles. The average molecular weight is 550 g/mol. The zero-order valence-corrected chi connectivity index (χ0v) is 25.4. The van der Waals surface area contributed by atoms with Crippen LogP contribution in [0.1, 0.15) is 87.8 Å². The maximum atomic E-state index is 5.58. The SMILES string of the molecule is CCC1=C(C)c2cnc3cc(OC)c(OC)cc3ncc3[nH]c(cc4nc(cc1n2)C(CC)=C4CC)c(CC)c3C. The van der Waals surface area contributed by atoms with Crippen LogP contribution in [0.4, 0.5) is 0 Å².